The summed E-state index contributed by atoms with van der Waals surface area (Å²) in [5.74, 6) is -0.301. The van der Waals surface area contributed by atoms with E-state index < -0.39 is 34.4 Å². The van der Waals surface area contributed by atoms with E-state index in [1.54, 1.807) is 6.07 Å². The minimum atomic E-state index is -3.07. The summed E-state index contributed by atoms with van der Waals surface area (Å²) in [4.78, 5) is 25.6. The third-order valence-corrected chi connectivity index (χ3v) is 7.42. The van der Waals surface area contributed by atoms with E-state index in [-0.39, 0.29) is 11.5 Å². The molecule has 1 atom stereocenters. The van der Waals surface area contributed by atoms with E-state index in [9.17, 15) is 18.0 Å². The van der Waals surface area contributed by atoms with E-state index in [2.05, 4.69) is 5.32 Å². The fourth-order valence-electron chi connectivity index (χ4n) is 3.18. The molecule has 0 spiro atoms. The van der Waals surface area contributed by atoms with Crippen LogP contribution in [0.3, 0.4) is 0 Å². The third-order valence-electron chi connectivity index (χ3n) is 4.46. The van der Waals surface area contributed by atoms with Gasteiger partial charge in [0.1, 0.15) is 17.2 Å². The molecule has 2 aliphatic heterocycles. The largest absolute Gasteiger partial charge is 0.488 e. The average molecular weight is 407 g/mol. The van der Waals surface area contributed by atoms with E-state index in [0.717, 1.165) is 21.8 Å². The van der Waals surface area contributed by atoms with Gasteiger partial charge in [-0.15, -0.1) is 11.3 Å². The van der Waals surface area contributed by atoms with Crippen molar-refractivity contribution in [2.75, 3.05) is 18.1 Å². The number of amides is 1. The number of esters is 1. The number of fused-ring (bicyclic) bond motifs is 3. The Morgan fingerprint density at radius 3 is 2.89 bits per heavy atom. The summed E-state index contributed by atoms with van der Waals surface area (Å²) in [6, 6.07) is 8.92. The van der Waals surface area contributed by atoms with Gasteiger partial charge < -0.3 is 14.8 Å². The molecule has 2 aliphatic rings. The molecule has 1 aromatic heterocycles. The first-order valence-electron chi connectivity index (χ1n) is 8.43. The number of benzene rings is 1. The molecule has 0 unspecified atom stereocenters. The first-order chi connectivity index (χ1) is 12.9. The van der Waals surface area contributed by atoms with Crippen LogP contribution in [0, 0.1) is 0 Å². The van der Waals surface area contributed by atoms with Gasteiger partial charge in [-0.1, -0.05) is 12.1 Å². The van der Waals surface area contributed by atoms with Crippen molar-refractivity contribution in [3.05, 3.63) is 40.8 Å². The first kappa shape index (κ1) is 18.0. The van der Waals surface area contributed by atoms with Crippen molar-refractivity contribution < 1.29 is 27.5 Å². The van der Waals surface area contributed by atoms with Crippen LogP contribution in [-0.2, 0) is 26.0 Å². The topological polar surface area (TPSA) is 98.8 Å². The number of hydrogen-bond donors (Lipinski definition) is 1. The summed E-state index contributed by atoms with van der Waals surface area (Å²) in [5, 5.41) is 2.59. The second-order valence-electron chi connectivity index (χ2n) is 6.49. The maximum Gasteiger partial charge on any atom is 0.348 e. The molecule has 0 radical (unpaired) electrons. The molecule has 0 bridgehead atoms. The molecule has 3 heterocycles. The highest BCUT2D eigenvalue weighted by Gasteiger charge is 2.29. The molecular formula is C18H17NO6S2. The van der Waals surface area contributed by atoms with Gasteiger partial charge in [-0.3, -0.25) is 4.79 Å². The first-order valence-corrected chi connectivity index (χ1v) is 11.1. The Bertz CT molecular complexity index is 1010. The van der Waals surface area contributed by atoms with E-state index in [1.807, 2.05) is 24.3 Å². The van der Waals surface area contributed by atoms with Crippen molar-refractivity contribution in [2.45, 2.75) is 19.1 Å². The summed E-state index contributed by atoms with van der Waals surface area (Å²) < 4.78 is 33.6. The minimum absolute atomic E-state index is 0.0657. The summed E-state index contributed by atoms with van der Waals surface area (Å²) in [7, 11) is -3.07. The Hall–Kier alpha value is -2.39. The molecule has 1 aromatic carbocycles. The SMILES string of the molecule is O=C(COC(=O)c1cc2c(s1)-c1ccccc1OC2)N[C@@H]1CCS(=O)(=O)C1. The van der Waals surface area contributed by atoms with Gasteiger partial charge in [0.15, 0.2) is 16.4 Å². The molecule has 27 heavy (non-hydrogen) atoms. The number of ether oxygens (including phenoxy) is 2. The lowest BCUT2D eigenvalue weighted by molar-refractivity contribution is -0.124. The van der Waals surface area contributed by atoms with Crippen LogP contribution < -0.4 is 10.1 Å². The predicted molar refractivity (Wildman–Crippen MR) is 99.6 cm³/mol. The number of sulfone groups is 1. The maximum atomic E-state index is 12.3. The monoisotopic (exact) mass is 407 g/mol. The smallest absolute Gasteiger partial charge is 0.348 e. The van der Waals surface area contributed by atoms with Gasteiger partial charge in [-0.2, -0.15) is 0 Å². The zero-order valence-electron chi connectivity index (χ0n) is 14.3. The molecule has 7 nitrogen and oxygen atoms in total. The van der Waals surface area contributed by atoms with Gasteiger partial charge >= 0.3 is 5.97 Å². The molecule has 1 N–H and O–H groups in total. The number of carbonyl (C=O) groups is 2. The molecule has 1 fully saturated rings. The Kier molecular flexibility index (Phi) is 4.65. The van der Waals surface area contributed by atoms with E-state index in [4.69, 9.17) is 9.47 Å². The summed E-state index contributed by atoms with van der Waals surface area (Å²) in [6.07, 6.45) is 0.388. The summed E-state index contributed by atoms with van der Waals surface area (Å²) >= 11 is 1.30. The molecule has 0 saturated carbocycles. The Labute approximate surface area is 160 Å². The van der Waals surface area contributed by atoms with Gasteiger partial charge in [0.25, 0.3) is 5.91 Å². The quantitative estimate of drug-likeness (QED) is 0.776. The maximum absolute atomic E-state index is 12.3. The highest BCUT2D eigenvalue weighted by molar-refractivity contribution is 7.91. The normalized spacial score (nSPS) is 19.5. The Morgan fingerprint density at radius 2 is 2.11 bits per heavy atom. The van der Waals surface area contributed by atoms with Gasteiger partial charge in [0.05, 0.1) is 11.5 Å². The summed E-state index contributed by atoms with van der Waals surface area (Å²) in [6.45, 7) is -0.0577. The highest BCUT2D eigenvalue weighted by atomic mass is 32.2. The van der Waals surface area contributed by atoms with Crippen LogP contribution in [0.15, 0.2) is 30.3 Å². The van der Waals surface area contributed by atoms with Gasteiger partial charge in [0.2, 0.25) is 0 Å². The lowest BCUT2D eigenvalue weighted by atomic mass is 10.1. The fraction of sp³-hybridized carbons (Fsp3) is 0.333. The van der Waals surface area contributed by atoms with Crippen LogP contribution in [0.2, 0.25) is 0 Å². The molecule has 4 rings (SSSR count). The van der Waals surface area contributed by atoms with Crippen LogP contribution in [0.1, 0.15) is 21.7 Å². The summed E-state index contributed by atoms with van der Waals surface area (Å²) in [5.41, 5.74) is 1.84. The van der Waals surface area contributed by atoms with Crippen LogP contribution in [0.5, 0.6) is 5.75 Å². The minimum Gasteiger partial charge on any atom is -0.488 e. The molecular weight excluding hydrogens is 390 g/mol. The fourth-order valence-corrected chi connectivity index (χ4v) is 5.94. The lowest BCUT2D eigenvalue weighted by Gasteiger charge is -2.16. The standard InChI is InChI=1S/C18H17NO6S2/c20-16(19-12-5-6-27(22,23)10-12)9-25-18(21)15-7-11-8-24-14-4-2-1-3-13(14)17(11)26-15/h1-4,7,12H,5-6,8-10H2,(H,19,20)/t12-/m1/s1. The molecule has 142 valence electrons. The zero-order chi connectivity index (χ0) is 19.0. The van der Waals surface area contributed by atoms with Crippen molar-refractivity contribution in [2.24, 2.45) is 0 Å². The number of para-hydroxylation sites is 1. The third kappa shape index (κ3) is 3.84. The average Bonchev–Trinajstić information content (AvgIpc) is 3.22. The second-order valence-corrected chi connectivity index (χ2v) is 9.77. The van der Waals surface area contributed by atoms with Crippen molar-refractivity contribution >= 4 is 33.1 Å². The van der Waals surface area contributed by atoms with Gasteiger partial charge in [-0.05, 0) is 24.6 Å². The second kappa shape index (κ2) is 6.97. The van der Waals surface area contributed by atoms with Gasteiger partial charge in [0, 0.05) is 22.0 Å². The molecule has 1 amide bonds. The zero-order valence-corrected chi connectivity index (χ0v) is 15.9. The van der Waals surface area contributed by atoms with Crippen LogP contribution in [0.25, 0.3) is 10.4 Å². The highest BCUT2D eigenvalue weighted by Crippen LogP contribution is 2.42. The van der Waals surface area contributed by atoms with Crippen molar-refractivity contribution in [3.8, 4) is 16.2 Å². The molecule has 1 saturated heterocycles. The van der Waals surface area contributed by atoms with Crippen LogP contribution in [0.4, 0.5) is 0 Å². The number of rotatable bonds is 4. The lowest BCUT2D eigenvalue weighted by Crippen LogP contribution is -2.38. The van der Waals surface area contributed by atoms with E-state index in [1.165, 1.54) is 11.3 Å². The molecule has 0 aliphatic carbocycles. The van der Waals surface area contributed by atoms with Crippen LogP contribution >= 0.6 is 11.3 Å². The van der Waals surface area contributed by atoms with Crippen molar-refractivity contribution in [3.63, 3.8) is 0 Å². The van der Waals surface area contributed by atoms with Crippen molar-refractivity contribution in [1.29, 1.82) is 0 Å². The van der Waals surface area contributed by atoms with E-state index in [0.29, 0.717) is 17.9 Å². The molecule has 9 heteroatoms. The van der Waals surface area contributed by atoms with Crippen LogP contribution in [-0.4, -0.2) is 44.4 Å². The number of hydrogen-bond acceptors (Lipinski definition) is 7. The Balaban J connectivity index is 1.37. The molecule has 2 aromatic rings. The number of nitrogens with one attached hydrogen (secondary N) is 1. The van der Waals surface area contributed by atoms with Gasteiger partial charge in [-0.25, -0.2) is 13.2 Å². The Morgan fingerprint density at radius 1 is 1.30 bits per heavy atom. The number of carbonyl (C=O) groups excluding carboxylic acids is 2. The van der Waals surface area contributed by atoms with Crippen molar-refractivity contribution in [1.82, 2.24) is 5.32 Å². The predicted octanol–water partition coefficient (Wildman–Crippen LogP) is 1.77. The van der Waals surface area contributed by atoms with E-state index >= 15 is 0 Å². The number of thiophene rings is 1.